The number of likely N-dealkylation sites (tertiary alicyclic amines) is 1. The number of hydrogen-bond donors (Lipinski definition) is 1. The zero-order valence-electron chi connectivity index (χ0n) is 14.8. The SMILES string of the molecule is CCNC1CCC(C(C)C)CC1N(C)CCN1CCCC1. The molecule has 3 unspecified atom stereocenters. The van der Waals surface area contributed by atoms with Crippen LogP contribution < -0.4 is 5.32 Å². The van der Waals surface area contributed by atoms with Gasteiger partial charge in [0.25, 0.3) is 0 Å². The summed E-state index contributed by atoms with van der Waals surface area (Å²) < 4.78 is 0. The van der Waals surface area contributed by atoms with E-state index in [1.165, 1.54) is 58.3 Å². The number of likely N-dealkylation sites (N-methyl/N-ethyl adjacent to an activating group) is 2. The molecule has 1 saturated carbocycles. The second-order valence-electron chi connectivity index (χ2n) is 7.58. The van der Waals surface area contributed by atoms with Gasteiger partial charge in [0.2, 0.25) is 0 Å². The molecule has 0 aromatic carbocycles. The molecule has 0 aromatic rings. The zero-order chi connectivity index (χ0) is 15.2. The second kappa shape index (κ2) is 8.50. The van der Waals surface area contributed by atoms with Crippen molar-refractivity contribution < 1.29 is 0 Å². The lowest BCUT2D eigenvalue weighted by molar-refractivity contribution is 0.0957. The van der Waals surface area contributed by atoms with Crippen molar-refractivity contribution in [1.82, 2.24) is 15.1 Å². The summed E-state index contributed by atoms with van der Waals surface area (Å²) in [5.74, 6) is 1.75. The molecule has 3 atom stereocenters. The highest BCUT2D eigenvalue weighted by Crippen LogP contribution is 2.32. The molecule has 124 valence electrons. The van der Waals surface area contributed by atoms with Gasteiger partial charge in [0.1, 0.15) is 0 Å². The van der Waals surface area contributed by atoms with Gasteiger partial charge in [-0.2, -0.15) is 0 Å². The topological polar surface area (TPSA) is 18.5 Å². The van der Waals surface area contributed by atoms with Crippen LogP contribution in [-0.2, 0) is 0 Å². The normalized spacial score (nSPS) is 31.4. The molecular weight excluding hydrogens is 258 g/mol. The summed E-state index contributed by atoms with van der Waals surface area (Å²) in [6, 6.07) is 1.43. The van der Waals surface area contributed by atoms with E-state index in [2.05, 4.69) is 42.9 Å². The lowest BCUT2D eigenvalue weighted by atomic mass is 9.76. The Labute approximate surface area is 132 Å². The lowest BCUT2D eigenvalue weighted by Crippen LogP contribution is -2.53. The Bertz CT molecular complexity index is 286. The van der Waals surface area contributed by atoms with Gasteiger partial charge in [0, 0.05) is 25.2 Å². The molecule has 0 aromatic heterocycles. The molecule has 2 rings (SSSR count). The summed E-state index contributed by atoms with van der Waals surface area (Å²) in [7, 11) is 2.35. The Morgan fingerprint density at radius 2 is 1.90 bits per heavy atom. The molecule has 1 aliphatic heterocycles. The van der Waals surface area contributed by atoms with E-state index in [4.69, 9.17) is 0 Å². The van der Waals surface area contributed by atoms with Gasteiger partial charge in [-0.1, -0.05) is 20.8 Å². The predicted octanol–water partition coefficient (Wildman–Crippen LogP) is 2.82. The Balaban J connectivity index is 1.86. The van der Waals surface area contributed by atoms with Gasteiger partial charge < -0.3 is 15.1 Å². The van der Waals surface area contributed by atoms with Gasteiger partial charge >= 0.3 is 0 Å². The van der Waals surface area contributed by atoms with Crippen LogP contribution >= 0.6 is 0 Å². The number of hydrogen-bond acceptors (Lipinski definition) is 3. The van der Waals surface area contributed by atoms with E-state index in [1.807, 2.05) is 0 Å². The van der Waals surface area contributed by atoms with Crippen molar-refractivity contribution in [2.45, 2.75) is 65.0 Å². The van der Waals surface area contributed by atoms with Crippen LogP contribution in [0.2, 0.25) is 0 Å². The minimum Gasteiger partial charge on any atom is -0.313 e. The molecule has 21 heavy (non-hydrogen) atoms. The lowest BCUT2D eigenvalue weighted by Gasteiger charge is -2.43. The highest BCUT2D eigenvalue weighted by molar-refractivity contribution is 4.91. The summed E-state index contributed by atoms with van der Waals surface area (Å²) in [4.78, 5) is 5.29. The standard InChI is InChI=1S/C18H37N3/c1-5-19-17-9-8-16(15(2)3)14-18(17)20(4)12-13-21-10-6-7-11-21/h15-19H,5-14H2,1-4H3. The fourth-order valence-corrected chi connectivity index (χ4v) is 4.24. The molecule has 1 heterocycles. The third-order valence-corrected chi connectivity index (χ3v) is 5.80. The molecule has 1 N–H and O–H groups in total. The van der Waals surface area contributed by atoms with Gasteiger partial charge in [-0.25, -0.2) is 0 Å². The average Bonchev–Trinajstić information content (AvgIpc) is 2.98. The van der Waals surface area contributed by atoms with Gasteiger partial charge in [0.15, 0.2) is 0 Å². The highest BCUT2D eigenvalue weighted by atomic mass is 15.2. The fraction of sp³-hybridized carbons (Fsp3) is 1.00. The van der Waals surface area contributed by atoms with Crippen molar-refractivity contribution >= 4 is 0 Å². The van der Waals surface area contributed by atoms with Crippen molar-refractivity contribution in [3.63, 3.8) is 0 Å². The van der Waals surface area contributed by atoms with E-state index in [0.717, 1.165) is 24.4 Å². The first-order valence-electron chi connectivity index (χ1n) is 9.27. The first-order chi connectivity index (χ1) is 10.1. The van der Waals surface area contributed by atoms with Crippen molar-refractivity contribution in [3.05, 3.63) is 0 Å². The van der Waals surface area contributed by atoms with Crippen molar-refractivity contribution in [1.29, 1.82) is 0 Å². The Kier molecular flexibility index (Phi) is 6.97. The van der Waals surface area contributed by atoms with E-state index in [1.54, 1.807) is 0 Å². The van der Waals surface area contributed by atoms with Gasteiger partial charge in [-0.3, -0.25) is 0 Å². The first-order valence-corrected chi connectivity index (χ1v) is 9.27. The van der Waals surface area contributed by atoms with Crippen LogP contribution in [0.1, 0.15) is 52.9 Å². The van der Waals surface area contributed by atoms with Crippen LogP contribution in [0.15, 0.2) is 0 Å². The minimum atomic E-state index is 0.702. The molecule has 1 saturated heterocycles. The molecule has 0 amide bonds. The summed E-state index contributed by atoms with van der Waals surface area (Å²) >= 11 is 0. The van der Waals surface area contributed by atoms with Crippen molar-refractivity contribution in [2.24, 2.45) is 11.8 Å². The predicted molar refractivity (Wildman–Crippen MR) is 91.7 cm³/mol. The van der Waals surface area contributed by atoms with Crippen LogP contribution in [0.4, 0.5) is 0 Å². The molecule has 0 bridgehead atoms. The summed E-state index contributed by atoms with van der Waals surface area (Å²) in [5, 5.41) is 3.75. The van der Waals surface area contributed by atoms with E-state index < -0.39 is 0 Å². The fourth-order valence-electron chi connectivity index (χ4n) is 4.24. The smallest absolute Gasteiger partial charge is 0.0249 e. The van der Waals surface area contributed by atoms with Gasteiger partial charge in [-0.15, -0.1) is 0 Å². The first kappa shape index (κ1) is 17.2. The molecule has 2 aliphatic rings. The largest absolute Gasteiger partial charge is 0.313 e. The van der Waals surface area contributed by atoms with E-state index in [0.29, 0.717) is 6.04 Å². The monoisotopic (exact) mass is 295 g/mol. The van der Waals surface area contributed by atoms with Crippen LogP contribution in [0.3, 0.4) is 0 Å². The quantitative estimate of drug-likeness (QED) is 0.779. The number of nitrogens with one attached hydrogen (secondary N) is 1. The van der Waals surface area contributed by atoms with E-state index in [9.17, 15) is 0 Å². The van der Waals surface area contributed by atoms with Crippen LogP contribution in [0, 0.1) is 11.8 Å². The molecule has 2 fully saturated rings. The Hall–Kier alpha value is -0.120. The summed E-state index contributed by atoms with van der Waals surface area (Å²) in [6.45, 7) is 13.3. The summed E-state index contributed by atoms with van der Waals surface area (Å²) in [5.41, 5.74) is 0. The highest BCUT2D eigenvalue weighted by Gasteiger charge is 2.33. The Morgan fingerprint density at radius 1 is 1.19 bits per heavy atom. The minimum absolute atomic E-state index is 0.702. The van der Waals surface area contributed by atoms with Crippen molar-refractivity contribution in [3.8, 4) is 0 Å². The molecule has 3 heteroatoms. The number of nitrogens with zero attached hydrogens (tertiary/aromatic N) is 2. The van der Waals surface area contributed by atoms with Crippen LogP contribution in [0.25, 0.3) is 0 Å². The number of rotatable bonds is 7. The second-order valence-corrected chi connectivity index (χ2v) is 7.58. The Morgan fingerprint density at radius 3 is 2.52 bits per heavy atom. The third-order valence-electron chi connectivity index (χ3n) is 5.80. The van der Waals surface area contributed by atoms with E-state index in [-0.39, 0.29) is 0 Å². The van der Waals surface area contributed by atoms with Crippen molar-refractivity contribution in [2.75, 3.05) is 39.8 Å². The molecule has 3 nitrogen and oxygen atoms in total. The average molecular weight is 296 g/mol. The van der Waals surface area contributed by atoms with Crippen LogP contribution in [0.5, 0.6) is 0 Å². The maximum absolute atomic E-state index is 3.75. The maximum atomic E-state index is 3.75. The molecule has 1 aliphatic carbocycles. The summed E-state index contributed by atoms with van der Waals surface area (Å²) in [6.07, 6.45) is 6.96. The zero-order valence-corrected chi connectivity index (χ0v) is 14.8. The third kappa shape index (κ3) is 4.94. The molecule has 0 radical (unpaired) electrons. The molecular formula is C18H37N3. The maximum Gasteiger partial charge on any atom is 0.0249 e. The van der Waals surface area contributed by atoms with Crippen LogP contribution in [-0.4, -0.2) is 61.7 Å². The van der Waals surface area contributed by atoms with Gasteiger partial charge in [-0.05, 0) is 70.6 Å². The van der Waals surface area contributed by atoms with Gasteiger partial charge in [0.05, 0.1) is 0 Å². The molecule has 0 spiro atoms. The van der Waals surface area contributed by atoms with E-state index >= 15 is 0 Å².